The Bertz CT molecular complexity index is 972. The second kappa shape index (κ2) is 11.0. The van der Waals surface area contributed by atoms with Crippen LogP contribution in [0.3, 0.4) is 0 Å². The van der Waals surface area contributed by atoms with Gasteiger partial charge in [0.15, 0.2) is 0 Å². The molecule has 0 spiro atoms. The number of pyridine rings is 1. The fourth-order valence-corrected chi connectivity index (χ4v) is 2.25. The minimum atomic E-state index is -0.728. The monoisotopic (exact) mass is 412 g/mol. The number of nitrogens with zero attached hydrogens (tertiary/aromatic N) is 2. The first-order chi connectivity index (χ1) is 14.5. The molecule has 1 heterocycles. The average molecular weight is 412 g/mol. The van der Waals surface area contributed by atoms with Crippen LogP contribution in [0.15, 0.2) is 66.8 Å². The molecule has 1 aromatic carbocycles. The highest BCUT2D eigenvalue weighted by Gasteiger charge is 2.16. The lowest BCUT2D eigenvalue weighted by Gasteiger charge is -2.10. The molecule has 0 aliphatic rings. The smallest absolute Gasteiger partial charge is 0.355 e. The average Bonchev–Trinajstić information content (AvgIpc) is 2.76. The Balaban J connectivity index is 2.30. The standard InChI is InChI=1S/C20H20N4O6/c1-3-30-19(25)16(17-9-4-5-10-21-17)12-23-18(20(26)29-2)13-22-14-7-6-8-15(11-14)24(27)28/h4-13,22-23H,3H2,1-2H3/b16-12+,18-13+. The predicted octanol–water partition coefficient (Wildman–Crippen LogP) is 2.61. The first-order valence-corrected chi connectivity index (χ1v) is 8.81. The van der Waals surface area contributed by atoms with Crippen LogP contribution in [-0.4, -0.2) is 35.6 Å². The Morgan fingerprint density at radius 2 is 1.97 bits per heavy atom. The normalized spacial score (nSPS) is 11.4. The molecule has 0 saturated carbocycles. The summed E-state index contributed by atoms with van der Waals surface area (Å²) in [6.07, 6.45) is 4.06. The highest BCUT2D eigenvalue weighted by Crippen LogP contribution is 2.17. The van der Waals surface area contributed by atoms with E-state index in [1.54, 1.807) is 31.2 Å². The number of non-ortho nitro benzene ring substituents is 1. The number of rotatable bonds is 9. The number of ether oxygens (including phenoxy) is 2. The van der Waals surface area contributed by atoms with Gasteiger partial charge in [0.25, 0.3) is 5.69 Å². The maximum absolute atomic E-state index is 12.3. The number of carbonyl (C=O) groups is 2. The molecule has 1 aromatic heterocycles. The molecular weight excluding hydrogens is 392 g/mol. The highest BCUT2D eigenvalue weighted by atomic mass is 16.6. The summed E-state index contributed by atoms with van der Waals surface area (Å²) >= 11 is 0. The zero-order chi connectivity index (χ0) is 21.9. The van der Waals surface area contributed by atoms with Crippen LogP contribution < -0.4 is 10.6 Å². The zero-order valence-corrected chi connectivity index (χ0v) is 16.3. The molecule has 2 N–H and O–H groups in total. The maximum atomic E-state index is 12.3. The van der Waals surface area contributed by atoms with Crippen LogP contribution in [-0.2, 0) is 19.1 Å². The lowest BCUT2D eigenvalue weighted by molar-refractivity contribution is -0.384. The number of hydrogen-bond acceptors (Lipinski definition) is 9. The molecule has 30 heavy (non-hydrogen) atoms. The Kier molecular flexibility index (Phi) is 8.06. The summed E-state index contributed by atoms with van der Waals surface area (Å²) < 4.78 is 9.77. The van der Waals surface area contributed by atoms with E-state index >= 15 is 0 Å². The molecule has 0 atom stereocenters. The van der Waals surface area contributed by atoms with Crippen molar-refractivity contribution < 1.29 is 24.0 Å². The Hall–Kier alpha value is -4.21. The Morgan fingerprint density at radius 1 is 1.17 bits per heavy atom. The second-order valence-electron chi connectivity index (χ2n) is 5.64. The number of nitro groups is 1. The van der Waals surface area contributed by atoms with Gasteiger partial charge in [-0.3, -0.25) is 15.1 Å². The number of hydrogen-bond donors (Lipinski definition) is 2. The van der Waals surface area contributed by atoms with Gasteiger partial charge in [-0.15, -0.1) is 0 Å². The second-order valence-corrected chi connectivity index (χ2v) is 5.64. The molecule has 0 saturated heterocycles. The van der Waals surface area contributed by atoms with Crippen molar-refractivity contribution in [2.24, 2.45) is 0 Å². The molecule has 10 nitrogen and oxygen atoms in total. The van der Waals surface area contributed by atoms with E-state index < -0.39 is 16.9 Å². The van der Waals surface area contributed by atoms with E-state index in [0.29, 0.717) is 11.4 Å². The summed E-state index contributed by atoms with van der Waals surface area (Å²) in [6, 6.07) is 10.8. The lowest BCUT2D eigenvalue weighted by Crippen LogP contribution is -2.20. The number of methoxy groups -OCH3 is 1. The number of carbonyl (C=O) groups excluding carboxylic acids is 2. The number of anilines is 1. The molecule has 156 valence electrons. The van der Waals surface area contributed by atoms with E-state index in [4.69, 9.17) is 9.47 Å². The maximum Gasteiger partial charge on any atom is 0.355 e. The van der Waals surface area contributed by atoms with Gasteiger partial charge in [-0.05, 0) is 25.1 Å². The van der Waals surface area contributed by atoms with Crippen molar-refractivity contribution in [3.05, 3.63) is 82.6 Å². The van der Waals surface area contributed by atoms with E-state index in [-0.39, 0.29) is 23.6 Å². The Labute approximate surface area is 172 Å². The number of esters is 2. The molecule has 0 fully saturated rings. The van der Waals surface area contributed by atoms with Crippen molar-refractivity contribution in [3.63, 3.8) is 0 Å². The third kappa shape index (κ3) is 6.16. The van der Waals surface area contributed by atoms with Gasteiger partial charge < -0.3 is 20.1 Å². The minimum absolute atomic E-state index is 0.0539. The SMILES string of the molecule is CCOC(=O)/C(=C/N/C(=C/Nc1cccc([N+](=O)[O-])c1)C(=O)OC)c1ccccn1. The molecule has 0 bridgehead atoms. The highest BCUT2D eigenvalue weighted by molar-refractivity contribution is 6.15. The van der Waals surface area contributed by atoms with Crippen LogP contribution in [0, 0.1) is 10.1 Å². The van der Waals surface area contributed by atoms with E-state index in [1.807, 2.05) is 0 Å². The summed E-state index contributed by atoms with van der Waals surface area (Å²) in [6.45, 7) is 1.83. The first-order valence-electron chi connectivity index (χ1n) is 8.81. The third-order valence-corrected chi connectivity index (χ3v) is 3.65. The molecule has 2 aromatic rings. The molecule has 0 aliphatic heterocycles. The van der Waals surface area contributed by atoms with Crippen LogP contribution in [0.2, 0.25) is 0 Å². The number of nitro benzene ring substituents is 1. The number of aromatic nitrogens is 1. The van der Waals surface area contributed by atoms with E-state index in [0.717, 1.165) is 0 Å². The topological polar surface area (TPSA) is 133 Å². The molecule has 2 rings (SSSR count). The molecule has 0 unspecified atom stereocenters. The molecule has 10 heteroatoms. The summed E-state index contributed by atoms with van der Waals surface area (Å²) in [5.41, 5.74) is 0.663. The molecule has 0 aliphatic carbocycles. The van der Waals surface area contributed by atoms with Gasteiger partial charge in [0, 0.05) is 36.4 Å². The zero-order valence-electron chi connectivity index (χ0n) is 16.3. The summed E-state index contributed by atoms with van der Waals surface area (Å²) in [7, 11) is 1.19. The fraction of sp³-hybridized carbons (Fsp3) is 0.150. The van der Waals surface area contributed by atoms with Crippen molar-refractivity contribution in [1.29, 1.82) is 0 Å². The van der Waals surface area contributed by atoms with Gasteiger partial charge in [0.05, 0.1) is 24.3 Å². The van der Waals surface area contributed by atoms with Gasteiger partial charge in [0.1, 0.15) is 11.3 Å². The minimum Gasteiger partial charge on any atom is -0.464 e. The summed E-state index contributed by atoms with van der Waals surface area (Å²) in [4.78, 5) is 38.9. The van der Waals surface area contributed by atoms with Crippen molar-refractivity contribution in [2.45, 2.75) is 6.92 Å². The van der Waals surface area contributed by atoms with Gasteiger partial charge in [-0.25, -0.2) is 9.59 Å². The van der Waals surface area contributed by atoms with Crippen LogP contribution in [0.25, 0.3) is 5.57 Å². The van der Waals surface area contributed by atoms with Gasteiger partial charge in [-0.2, -0.15) is 0 Å². The molecule has 0 radical (unpaired) electrons. The van der Waals surface area contributed by atoms with Crippen molar-refractivity contribution in [2.75, 3.05) is 19.0 Å². The largest absolute Gasteiger partial charge is 0.464 e. The predicted molar refractivity (Wildman–Crippen MR) is 109 cm³/mol. The molecular formula is C20H20N4O6. The third-order valence-electron chi connectivity index (χ3n) is 3.65. The van der Waals surface area contributed by atoms with Crippen molar-refractivity contribution >= 4 is 28.9 Å². The van der Waals surface area contributed by atoms with E-state index in [1.165, 1.54) is 43.9 Å². The van der Waals surface area contributed by atoms with Crippen LogP contribution in [0.1, 0.15) is 12.6 Å². The van der Waals surface area contributed by atoms with Crippen LogP contribution >= 0.6 is 0 Å². The number of nitrogens with one attached hydrogen (secondary N) is 2. The van der Waals surface area contributed by atoms with Gasteiger partial charge >= 0.3 is 11.9 Å². The fourth-order valence-electron chi connectivity index (χ4n) is 2.25. The van der Waals surface area contributed by atoms with Gasteiger partial charge in [-0.1, -0.05) is 12.1 Å². The van der Waals surface area contributed by atoms with Crippen LogP contribution in [0.5, 0.6) is 0 Å². The quantitative estimate of drug-likeness (QED) is 0.276. The van der Waals surface area contributed by atoms with Crippen molar-refractivity contribution in [3.8, 4) is 0 Å². The Morgan fingerprint density at radius 3 is 2.60 bits per heavy atom. The van der Waals surface area contributed by atoms with Crippen molar-refractivity contribution in [1.82, 2.24) is 10.3 Å². The molecule has 0 amide bonds. The number of benzene rings is 1. The first kappa shape index (κ1) is 22.1. The van der Waals surface area contributed by atoms with Gasteiger partial charge in [0.2, 0.25) is 0 Å². The summed E-state index contributed by atoms with van der Waals surface area (Å²) in [5.74, 6) is -1.35. The van der Waals surface area contributed by atoms with E-state index in [2.05, 4.69) is 15.6 Å². The van der Waals surface area contributed by atoms with E-state index in [9.17, 15) is 19.7 Å². The lowest BCUT2D eigenvalue weighted by atomic mass is 10.2. The van der Waals surface area contributed by atoms with Crippen LogP contribution in [0.4, 0.5) is 11.4 Å². The summed E-state index contributed by atoms with van der Waals surface area (Å²) in [5, 5.41) is 16.4.